The Morgan fingerprint density at radius 2 is 1.84 bits per heavy atom. The predicted molar refractivity (Wildman–Crippen MR) is 74.1 cm³/mol. The van der Waals surface area contributed by atoms with Crippen LogP contribution >= 0.6 is 46.4 Å². The van der Waals surface area contributed by atoms with Crippen molar-refractivity contribution in [2.24, 2.45) is 5.92 Å². The van der Waals surface area contributed by atoms with Gasteiger partial charge in [0.15, 0.2) is 5.78 Å². The zero-order valence-corrected chi connectivity index (χ0v) is 13.1. The topological polar surface area (TPSA) is 46.6 Å². The van der Waals surface area contributed by atoms with Crippen LogP contribution in [-0.4, -0.2) is 45.1 Å². The van der Waals surface area contributed by atoms with Crippen molar-refractivity contribution >= 4 is 58.3 Å². The van der Waals surface area contributed by atoms with Crippen LogP contribution in [0, 0.1) is 5.92 Å². The largest absolute Gasteiger partial charge is 0.453 e. The number of carbonyl (C=O) groups is 2. The van der Waals surface area contributed by atoms with Crippen LogP contribution in [0.4, 0.5) is 4.79 Å². The summed E-state index contributed by atoms with van der Waals surface area (Å²) in [5.74, 6) is -0.981. The van der Waals surface area contributed by atoms with E-state index in [2.05, 4.69) is 0 Å². The average Bonchev–Trinajstić information content (AvgIpc) is 2.55. The Kier molecular flexibility index (Phi) is 4.46. The Hall–Kier alpha value is 0.1000. The van der Waals surface area contributed by atoms with Gasteiger partial charge in [0, 0.05) is 23.4 Å². The minimum atomic E-state index is -1.97. The lowest BCUT2D eigenvalue weighted by molar-refractivity contribution is -0.122. The Bertz CT molecular complexity index is 398. The number of amides is 1. The number of rotatable bonds is 1. The molecule has 2 aliphatic rings. The first-order valence-electron chi connectivity index (χ1n) is 5.87. The van der Waals surface area contributed by atoms with E-state index in [1.807, 2.05) is 0 Å². The van der Waals surface area contributed by atoms with E-state index in [9.17, 15) is 9.59 Å². The fourth-order valence-corrected chi connectivity index (χ4v) is 3.86. The van der Waals surface area contributed by atoms with Gasteiger partial charge < -0.3 is 9.64 Å². The van der Waals surface area contributed by atoms with Crippen molar-refractivity contribution in [3.8, 4) is 0 Å². The zero-order valence-electron chi connectivity index (χ0n) is 10.1. The van der Waals surface area contributed by atoms with E-state index >= 15 is 0 Å². The van der Waals surface area contributed by atoms with E-state index < -0.39 is 21.6 Å². The van der Waals surface area contributed by atoms with E-state index in [4.69, 9.17) is 51.1 Å². The maximum atomic E-state index is 12.2. The van der Waals surface area contributed by atoms with Crippen molar-refractivity contribution in [1.82, 2.24) is 4.90 Å². The summed E-state index contributed by atoms with van der Waals surface area (Å²) in [4.78, 5) is 25.5. The molecule has 1 amide bonds. The number of carbonyl (C=O) groups excluding carboxylic acids is 2. The molecule has 2 saturated heterocycles. The van der Waals surface area contributed by atoms with E-state index in [1.54, 1.807) is 4.90 Å². The lowest BCUT2D eigenvalue weighted by atomic mass is 9.94. The van der Waals surface area contributed by atoms with Crippen molar-refractivity contribution in [3.05, 3.63) is 0 Å². The summed E-state index contributed by atoms with van der Waals surface area (Å²) in [6, 6.07) is -0.480. The molecular weight excluding hydrogens is 336 g/mol. The lowest BCUT2D eigenvalue weighted by Crippen LogP contribution is -2.49. The molecular formula is C11H13Cl4NO3. The van der Waals surface area contributed by atoms with Gasteiger partial charge in [-0.3, -0.25) is 4.79 Å². The number of nitrogens with zero attached hydrogens (tertiary/aromatic N) is 1. The summed E-state index contributed by atoms with van der Waals surface area (Å²) in [7, 11) is 1.31. The van der Waals surface area contributed by atoms with Crippen LogP contribution in [-0.2, 0) is 9.53 Å². The molecule has 108 valence electrons. The third-order valence-corrected chi connectivity index (χ3v) is 4.68. The third kappa shape index (κ3) is 2.92. The van der Waals surface area contributed by atoms with Gasteiger partial charge in [-0.15, -0.1) is 11.6 Å². The van der Waals surface area contributed by atoms with E-state index in [0.29, 0.717) is 19.3 Å². The Labute approximate surface area is 131 Å². The second-order valence-corrected chi connectivity index (χ2v) is 7.77. The first-order valence-corrected chi connectivity index (χ1v) is 7.44. The minimum absolute atomic E-state index is 0.0796. The van der Waals surface area contributed by atoms with Crippen molar-refractivity contribution in [1.29, 1.82) is 0 Å². The number of ether oxygens (including phenoxy) is 1. The molecule has 4 atom stereocenters. The molecule has 0 radical (unpaired) electrons. The summed E-state index contributed by atoms with van der Waals surface area (Å²) in [5, 5.41) is -0.0796. The molecule has 0 aliphatic carbocycles. The molecule has 0 unspecified atom stereocenters. The molecule has 2 bridgehead atoms. The number of halogens is 4. The first-order chi connectivity index (χ1) is 8.75. The zero-order chi connectivity index (χ0) is 14.4. The summed E-state index contributed by atoms with van der Waals surface area (Å²) >= 11 is 23.2. The molecule has 19 heavy (non-hydrogen) atoms. The fourth-order valence-electron chi connectivity index (χ4n) is 3.05. The van der Waals surface area contributed by atoms with Gasteiger partial charge in [0.05, 0.1) is 7.11 Å². The minimum Gasteiger partial charge on any atom is -0.453 e. The van der Waals surface area contributed by atoms with Crippen LogP contribution in [0.3, 0.4) is 0 Å². The lowest BCUT2D eigenvalue weighted by Gasteiger charge is -2.36. The van der Waals surface area contributed by atoms with Gasteiger partial charge in [-0.1, -0.05) is 34.8 Å². The Morgan fingerprint density at radius 1 is 1.21 bits per heavy atom. The van der Waals surface area contributed by atoms with E-state index in [0.717, 1.165) is 0 Å². The van der Waals surface area contributed by atoms with Crippen LogP contribution in [0.15, 0.2) is 0 Å². The summed E-state index contributed by atoms with van der Waals surface area (Å²) in [6.07, 6.45) is 1.13. The molecule has 0 N–H and O–H groups in total. The van der Waals surface area contributed by atoms with Crippen LogP contribution in [0.5, 0.6) is 0 Å². The second kappa shape index (κ2) is 5.47. The molecule has 0 aromatic heterocycles. The number of hydrogen-bond acceptors (Lipinski definition) is 3. The molecule has 0 spiro atoms. The van der Waals surface area contributed by atoms with Crippen molar-refractivity contribution < 1.29 is 14.3 Å². The van der Waals surface area contributed by atoms with Gasteiger partial charge in [-0.25, -0.2) is 4.79 Å². The number of fused-ring (bicyclic) bond motifs is 2. The Balaban J connectivity index is 2.25. The van der Waals surface area contributed by atoms with Gasteiger partial charge in [-0.05, 0) is 19.3 Å². The monoisotopic (exact) mass is 347 g/mol. The van der Waals surface area contributed by atoms with Crippen LogP contribution in [0.2, 0.25) is 0 Å². The fraction of sp³-hybridized carbons (Fsp3) is 0.818. The number of piperidine rings is 1. The number of alkyl halides is 4. The maximum absolute atomic E-state index is 12.2. The van der Waals surface area contributed by atoms with Gasteiger partial charge in [0.1, 0.15) is 0 Å². The predicted octanol–water partition coefficient (Wildman–Crippen LogP) is 3.15. The summed E-state index contributed by atoms with van der Waals surface area (Å²) < 4.78 is 2.79. The molecule has 2 rings (SSSR count). The number of ketones is 1. The highest BCUT2D eigenvalue weighted by molar-refractivity contribution is 6.76. The highest BCUT2D eigenvalue weighted by Crippen LogP contribution is 2.45. The van der Waals surface area contributed by atoms with Crippen molar-refractivity contribution in [2.45, 2.75) is 40.5 Å². The molecule has 8 heteroatoms. The summed E-state index contributed by atoms with van der Waals surface area (Å²) in [5.41, 5.74) is 0. The van der Waals surface area contributed by atoms with Crippen LogP contribution in [0.25, 0.3) is 0 Å². The molecule has 4 nitrogen and oxygen atoms in total. The second-order valence-electron chi connectivity index (χ2n) is 4.87. The van der Waals surface area contributed by atoms with Crippen molar-refractivity contribution in [2.75, 3.05) is 7.11 Å². The molecule has 0 aromatic carbocycles. The first kappa shape index (κ1) is 15.5. The van der Waals surface area contributed by atoms with Gasteiger partial charge >= 0.3 is 6.09 Å². The Morgan fingerprint density at radius 3 is 2.37 bits per heavy atom. The standard InChI is InChI=1S/C11H13Cl4NO3/c1-19-10(18)16-6-2-5(12)3-8(16)7(4-6)9(17)11(13,14)15/h5-8H,2-4H2,1H3/t5-,6+,7+,8-/m1/s1. The molecule has 0 aromatic rings. The smallest absolute Gasteiger partial charge is 0.410 e. The number of methoxy groups -OCH3 is 1. The van der Waals surface area contributed by atoms with E-state index in [-0.39, 0.29) is 17.5 Å². The van der Waals surface area contributed by atoms with Crippen molar-refractivity contribution in [3.63, 3.8) is 0 Å². The van der Waals surface area contributed by atoms with Gasteiger partial charge in [0.25, 0.3) is 0 Å². The SMILES string of the molecule is COC(=O)N1[C@H]2C[C@@H](Cl)C[C@@H]1[C@@H](C(=O)C(Cl)(Cl)Cl)C2. The van der Waals surface area contributed by atoms with E-state index in [1.165, 1.54) is 7.11 Å². The van der Waals surface area contributed by atoms with Crippen LogP contribution in [0.1, 0.15) is 19.3 Å². The summed E-state index contributed by atoms with van der Waals surface area (Å²) in [6.45, 7) is 0. The number of Topliss-reactive ketones (excluding diaryl/α,β-unsaturated/α-hetero) is 1. The normalized spacial score (nSPS) is 34.3. The maximum Gasteiger partial charge on any atom is 0.410 e. The van der Waals surface area contributed by atoms with Gasteiger partial charge in [0.2, 0.25) is 3.79 Å². The average molecular weight is 349 g/mol. The quantitative estimate of drug-likeness (QED) is 0.684. The third-order valence-electron chi connectivity index (χ3n) is 3.77. The highest BCUT2D eigenvalue weighted by Gasteiger charge is 2.54. The highest BCUT2D eigenvalue weighted by atomic mass is 35.6. The molecule has 2 aliphatic heterocycles. The van der Waals surface area contributed by atoms with Crippen LogP contribution < -0.4 is 0 Å². The number of hydrogen-bond donors (Lipinski definition) is 0. The molecule has 2 fully saturated rings. The molecule has 0 saturated carbocycles. The molecule has 2 heterocycles. The van der Waals surface area contributed by atoms with Gasteiger partial charge in [-0.2, -0.15) is 0 Å².